The number of hydrogen-bond donors (Lipinski definition) is 1. The third-order valence-electron chi connectivity index (χ3n) is 6.05. The number of hydrogen-bond acceptors (Lipinski definition) is 1. The molecule has 1 spiro atoms. The lowest BCUT2D eigenvalue weighted by atomic mass is 9.46. The SMILES string of the molecule is CNCC1(c2ccc(C(C)C)cc2)CC2(CCCCC2)C1. The zero-order valence-corrected chi connectivity index (χ0v) is 14.0. The fourth-order valence-corrected chi connectivity index (χ4v) is 5.03. The number of rotatable bonds is 4. The zero-order valence-electron chi connectivity index (χ0n) is 14.0. The Bertz CT molecular complexity index is 457. The van der Waals surface area contributed by atoms with Crippen LogP contribution in [0.1, 0.15) is 75.8 Å². The Morgan fingerprint density at radius 1 is 1.00 bits per heavy atom. The van der Waals surface area contributed by atoms with Crippen LogP contribution in [0.5, 0.6) is 0 Å². The molecule has 0 bridgehead atoms. The first-order valence-electron chi connectivity index (χ1n) is 8.84. The van der Waals surface area contributed by atoms with Crippen molar-refractivity contribution in [2.45, 2.75) is 70.1 Å². The molecule has 0 radical (unpaired) electrons. The van der Waals surface area contributed by atoms with Crippen molar-refractivity contribution >= 4 is 0 Å². The fraction of sp³-hybridized carbons (Fsp3) is 0.700. The summed E-state index contributed by atoms with van der Waals surface area (Å²) in [5, 5.41) is 3.47. The summed E-state index contributed by atoms with van der Waals surface area (Å²) in [7, 11) is 2.11. The molecule has 1 N–H and O–H groups in total. The average molecular weight is 285 g/mol. The Morgan fingerprint density at radius 3 is 2.14 bits per heavy atom. The van der Waals surface area contributed by atoms with Gasteiger partial charge < -0.3 is 5.32 Å². The van der Waals surface area contributed by atoms with Crippen molar-refractivity contribution in [2.75, 3.05) is 13.6 Å². The minimum atomic E-state index is 0.404. The van der Waals surface area contributed by atoms with E-state index in [2.05, 4.69) is 50.5 Å². The van der Waals surface area contributed by atoms with E-state index in [1.807, 2.05) is 0 Å². The number of nitrogens with one attached hydrogen (secondary N) is 1. The molecule has 0 aliphatic heterocycles. The normalized spacial score (nSPS) is 23.2. The van der Waals surface area contributed by atoms with Crippen LogP contribution in [0.15, 0.2) is 24.3 Å². The number of benzene rings is 1. The predicted molar refractivity (Wildman–Crippen MR) is 90.9 cm³/mol. The van der Waals surface area contributed by atoms with E-state index in [9.17, 15) is 0 Å². The third-order valence-corrected chi connectivity index (χ3v) is 6.05. The standard InChI is InChI=1S/C20H31N/c1-16(2)17-7-9-18(10-8-17)20(15-21-3)13-19(14-20)11-5-4-6-12-19/h7-10,16,21H,4-6,11-15H2,1-3H3. The van der Waals surface area contributed by atoms with Crippen molar-refractivity contribution in [3.05, 3.63) is 35.4 Å². The van der Waals surface area contributed by atoms with Crippen LogP contribution in [0.2, 0.25) is 0 Å². The highest BCUT2D eigenvalue weighted by atomic mass is 14.8. The largest absolute Gasteiger partial charge is 0.319 e. The maximum atomic E-state index is 3.47. The molecule has 1 aromatic carbocycles. The highest BCUT2D eigenvalue weighted by molar-refractivity contribution is 5.35. The molecule has 116 valence electrons. The molecule has 1 nitrogen and oxygen atoms in total. The maximum Gasteiger partial charge on any atom is 0.00882 e. The van der Waals surface area contributed by atoms with Crippen LogP contribution < -0.4 is 5.32 Å². The molecule has 0 atom stereocenters. The monoisotopic (exact) mass is 285 g/mol. The second-order valence-corrected chi connectivity index (χ2v) is 8.00. The van der Waals surface area contributed by atoms with Crippen LogP contribution in [0.4, 0.5) is 0 Å². The van der Waals surface area contributed by atoms with Gasteiger partial charge >= 0.3 is 0 Å². The molecule has 2 aliphatic rings. The summed E-state index contributed by atoms with van der Waals surface area (Å²) in [6, 6.07) is 9.51. The summed E-state index contributed by atoms with van der Waals surface area (Å²) >= 11 is 0. The highest BCUT2D eigenvalue weighted by Gasteiger charge is 2.54. The first-order chi connectivity index (χ1) is 10.1. The van der Waals surface area contributed by atoms with Gasteiger partial charge in [0.25, 0.3) is 0 Å². The maximum absolute atomic E-state index is 3.47. The topological polar surface area (TPSA) is 12.0 Å². The van der Waals surface area contributed by atoms with E-state index < -0.39 is 0 Å². The molecule has 2 saturated carbocycles. The van der Waals surface area contributed by atoms with Gasteiger partial charge in [-0.1, -0.05) is 57.4 Å². The van der Waals surface area contributed by atoms with Crippen molar-refractivity contribution < 1.29 is 0 Å². The second-order valence-electron chi connectivity index (χ2n) is 8.00. The summed E-state index contributed by atoms with van der Waals surface area (Å²) in [5.74, 6) is 0.630. The van der Waals surface area contributed by atoms with Gasteiger partial charge in [-0.15, -0.1) is 0 Å². The summed E-state index contributed by atoms with van der Waals surface area (Å²) in [4.78, 5) is 0. The molecule has 1 aromatic rings. The van der Waals surface area contributed by atoms with Crippen molar-refractivity contribution in [1.82, 2.24) is 5.32 Å². The first-order valence-corrected chi connectivity index (χ1v) is 8.84. The smallest absolute Gasteiger partial charge is 0.00882 e. The van der Waals surface area contributed by atoms with Crippen LogP contribution >= 0.6 is 0 Å². The van der Waals surface area contributed by atoms with Crippen LogP contribution in [0.25, 0.3) is 0 Å². The lowest BCUT2D eigenvalue weighted by Crippen LogP contribution is -2.55. The van der Waals surface area contributed by atoms with Crippen molar-refractivity contribution in [1.29, 1.82) is 0 Å². The Balaban J connectivity index is 1.79. The van der Waals surface area contributed by atoms with E-state index in [-0.39, 0.29) is 0 Å². The summed E-state index contributed by atoms with van der Waals surface area (Å²) < 4.78 is 0. The minimum absolute atomic E-state index is 0.404. The summed E-state index contributed by atoms with van der Waals surface area (Å²) in [6.45, 7) is 5.69. The Morgan fingerprint density at radius 2 is 1.62 bits per heavy atom. The Kier molecular flexibility index (Phi) is 4.14. The molecule has 1 heteroatoms. The van der Waals surface area contributed by atoms with E-state index in [0.717, 1.165) is 6.54 Å². The van der Waals surface area contributed by atoms with Gasteiger partial charge in [0.15, 0.2) is 0 Å². The minimum Gasteiger partial charge on any atom is -0.319 e. The van der Waals surface area contributed by atoms with Crippen molar-refractivity contribution in [3.63, 3.8) is 0 Å². The van der Waals surface area contributed by atoms with Crippen molar-refractivity contribution in [2.24, 2.45) is 5.41 Å². The molecule has 0 aromatic heterocycles. The van der Waals surface area contributed by atoms with E-state index >= 15 is 0 Å². The van der Waals surface area contributed by atoms with E-state index in [1.54, 1.807) is 5.56 Å². The van der Waals surface area contributed by atoms with Crippen LogP contribution in [0, 0.1) is 5.41 Å². The summed E-state index contributed by atoms with van der Waals surface area (Å²) in [5.41, 5.74) is 4.12. The lowest BCUT2D eigenvalue weighted by molar-refractivity contribution is -0.0118. The van der Waals surface area contributed by atoms with Crippen molar-refractivity contribution in [3.8, 4) is 0 Å². The molecule has 2 aliphatic carbocycles. The lowest BCUT2D eigenvalue weighted by Gasteiger charge is -2.59. The van der Waals surface area contributed by atoms with E-state index in [1.165, 1.54) is 50.5 Å². The van der Waals surface area contributed by atoms with Gasteiger partial charge in [-0.3, -0.25) is 0 Å². The van der Waals surface area contributed by atoms with Crippen LogP contribution in [-0.4, -0.2) is 13.6 Å². The van der Waals surface area contributed by atoms with Gasteiger partial charge in [-0.05, 0) is 55.2 Å². The van der Waals surface area contributed by atoms with E-state index in [0.29, 0.717) is 16.7 Å². The summed E-state index contributed by atoms with van der Waals surface area (Å²) in [6.07, 6.45) is 10.1. The van der Waals surface area contributed by atoms with Gasteiger partial charge in [0.1, 0.15) is 0 Å². The molecule has 0 heterocycles. The third kappa shape index (κ3) is 2.77. The predicted octanol–water partition coefficient (Wildman–Crippen LogP) is 5.01. The molecular weight excluding hydrogens is 254 g/mol. The molecule has 3 rings (SSSR count). The number of likely N-dealkylation sites (N-methyl/N-ethyl adjacent to an activating group) is 1. The van der Waals surface area contributed by atoms with Gasteiger partial charge in [-0.2, -0.15) is 0 Å². The molecule has 0 unspecified atom stereocenters. The van der Waals surface area contributed by atoms with E-state index in [4.69, 9.17) is 0 Å². The first kappa shape index (κ1) is 15.1. The molecule has 0 saturated heterocycles. The van der Waals surface area contributed by atoms with Gasteiger partial charge in [0.2, 0.25) is 0 Å². The van der Waals surface area contributed by atoms with Crippen LogP contribution in [-0.2, 0) is 5.41 Å². The fourth-order valence-electron chi connectivity index (χ4n) is 5.03. The Hall–Kier alpha value is -0.820. The second kappa shape index (κ2) is 5.76. The Labute approximate surface area is 130 Å². The molecule has 0 amide bonds. The zero-order chi connectivity index (χ0) is 14.9. The van der Waals surface area contributed by atoms with Gasteiger partial charge in [0.05, 0.1) is 0 Å². The molecule has 21 heavy (non-hydrogen) atoms. The van der Waals surface area contributed by atoms with Gasteiger partial charge in [-0.25, -0.2) is 0 Å². The quantitative estimate of drug-likeness (QED) is 0.820. The molecular formula is C20H31N. The highest BCUT2D eigenvalue weighted by Crippen LogP contribution is 2.61. The van der Waals surface area contributed by atoms with Gasteiger partial charge in [0, 0.05) is 12.0 Å². The average Bonchev–Trinajstić information content (AvgIpc) is 2.47. The van der Waals surface area contributed by atoms with Crippen LogP contribution in [0.3, 0.4) is 0 Å². The molecule has 2 fully saturated rings.